The lowest BCUT2D eigenvalue weighted by Gasteiger charge is -2.24. The molecule has 18 heavy (non-hydrogen) atoms. The molecule has 2 N–H and O–H groups in total. The number of fused-ring (bicyclic) bond motifs is 1. The largest absolute Gasteiger partial charge is 0.469 e. The molecule has 0 aliphatic heterocycles. The highest BCUT2D eigenvalue weighted by Gasteiger charge is 2.23. The van der Waals surface area contributed by atoms with Gasteiger partial charge in [0, 0.05) is 23.6 Å². The van der Waals surface area contributed by atoms with Gasteiger partial charge in [0.2, 0.25) is 5.91 Å². The molecule has 0 bridgehead atoms. The molecule has 0 saturated heterocycles. The van der Waals surface area contributed by atoms with Crippen molar-refractivity contribution in [3.63, 3.8) is 0 Å². The van der Waals surface area contributed by atoms with Crippen LogP contribution in [0.2, 0.25) is 0 Å². The van der Waals surface area contributed by atoms with Crippen LogP contribution in [0, 0.1) is 0 Å². The van der Waals surface area contributed by atoms with E-state index in [-0.39, 0.29) is 17.5 Å². The van der Waals surface area contributed by atoms with Gasteiger partial charge >= 0.3 is 0 Å². The number of nitrogens with one attached hydrogen (secondary N) is 2. The van der Waals surface area contributed by atoms with Crippen LogP contribution in [-0.2, 0) is 11.2 Å². The van der Waals surface area contributed by atoms with Crippen LogP contribution >= 0.6 is 0 Å². The first-order chi connectivity index (χ1) is 8.46. The summed E-state index contributed by atoms with van der Waals surface area (Å²) in [7, 11) is 0. The Hall–Kier alpha value is -1.29. The van der Waals surface area contributed by atoms with E-state index in [0.717, 1.165) is 25.0 Å². The Labute approximate surface area is 108 Å². The van der Waals surface area contributed by atoms with Crippen molar-refractivity contribution in [2.24, 2.45) is 0 Å². The molecule has 1 amide bonds. The van der Waals surface area contributed by atoms with Gasteiger partial charge in [0.05, 0.1) is 12.8 Å². The van der Waals surface area contributed by atoms with E-state index in [1.807, 2.05) is 26.8 Å². The van der Waals surface area contributed by atoms with Gasteiger partial charge in [0.25, 0.3) is 0 Å². The molecule has 0 radical (unpaired) electrons. The third-order valence-electron chi connectivity index (χ3n) is 3.08. The zero-order valence-electron chi connectivity index (χ0n) is 11.4. The van der Waals surface area contributed by atoms with Gasteiger partial charge in [0.15, 0.2) is 0 Å². The molecule has 4 nitrogen and oxygen atoms in total. The van der Waals surface area contributed by atoms with Crippen molar-refractivity contribution in [2.45, 2.75) is 51.6 Å². The molecule has 1 aromatic rings. The van der Waals surface area contributed by atoms with Crippen LogP contribution < -0.4 is 10.6 Å². The maximum atomic E-state index is 11.8. The fourth-order valence-electron chi connectivity index (χ4n) is 2.38. The van der Waals surface area contributed by atoms with Crippen LogP contribution in [0.3, 0.4) is 0 Å². The van der Waals surface area contributed by atoms with E-state index in [2.05, 4.69) is 10.6 Å². The van der Waals surface area contributed by atoms with E-state index < -0.39 is 0 Å². The van der Waals surface area contributed by atoms with Crippen molar-refractivity contribution in [3.05, 3.63) is 23.7 Å². The Kier molecular flexibility index (Phi) is 3.76. The molecule has 1 atom stereocenters. The number of carbonyl (C=O) groups excluding carboxylic acids is 1. The summed E-state index contributed by atoms with van der Waals surface area (Å²) >= 11 is 0. The van der Waals surface area contributed by atoms with Crippen molar-refractivity contribution in [2.75, 3.05) is 6.54 Å². The first-order valence-electron chi connectivity index (χ1n) is 6.56. The summed E-state index contributed by atoms with van der Waals surface area (Å²) in [6.07, 6.45) is 4.92. The maximum Gasteiger partial charge on any atom is 0.234 e. The molecule has 1 aliphatic rings. The summed E-state index contributed by atoms with van der Waals surface area (Å²) in [4.78, 5) is 11.8. The zero-order valence-corrected chi connectivity index (χ0v) is 11.4. The summed E-state index contributed by atoms with van der Waals surface area (Å²) < 4.78 is 5.43. The van der Waals surface area contributed by atoms with Crippen LogP contribution in [-0.4, -0.2) is 18.0 Å². The molecule has 1 aromatic heterocycles. The number of hydrogen-bond acceptors (Lipinski definition) is 3. The van der Waals surface area contributed by atoms with Gasteiger partial charge in [-0.2, -0.15) is 0 Å². The van der Waals surface area contributed by atoms with Gasteiger partial charge < -0.3 is 15.1 Å². The second kappa shape index (κ2) is 5.14. The second-order valence-corrected chi connectivity index (χ2v) is 5.92. The summed E-state index contributed by atoms with van der Waals surface area (Å²) in [6.45, 7) is 6.31. The second-order valence-electron chi connectivity index (χ2n) is 5.92. The molecule has 2 rings (SSSR count). The summed E-state index contributed by atoms with van der Waals surface area (Å²) in [5.41, 5.74) is 1.04. The summed E-state index contributed by atoms with van der Waals surface area (Å²) in [6, 6.07) is 2.26. The Morgan fingerprint density at radius 3 is 3.00 bits per heavy atom. The normalized spacial score (nSPS) is 19.4. The molecule has 100 valence electrons. The minimum absolute atomic E-state index is 0.0399. The average molecular weight is 250 g/mol. The topological polar surface area (TPSA) is 54.3 Å². The Bertz CT molecular complexity index is 418. The zero-order chi connectivity index (χ0) is 13.2. The molecule has 0 fully saturated rings. The number of amides is 1. The van der Waals surface area contributed by atoms with Gasteiger partial charge in [-0.3, -0.25) is 4.79 Å². The Morgan fingerprint density at radius 2 is 2.28 bits per heavy atom. The van der Waals surface area contributed by atoms with Crippen molar-refractivity contribution >= 4 is 5.91 Å². The van der Waals surface area contributed by atoms with Gasteiger partial charge in [0.1, 0.15) is 5.76 Å². The highest BCUT2D eigenvalue weighted by molar-refractivity contribution is 5.78. The molecule has 1 unspecified atom stereocenters. The van der Waals surface area contributed by atoms with Gasteiger partial charge in [-0.1, -0.05) is 0 Å². The van der Waals surface area contributed by atoms with E-state index in [4.69, 9.17) is 4.42 Å². The monoisotopic (exact) mass is 250 g/mol. The van der Waals surface area contributed by atoms with E-state index >= 15 is 0 Å². The van der Waals surface area contributed by atoms with E-state index in [9.17, 15) is 4.79 Å². The fraction of sp³-hybridized carbons (Fsp3) is 0.643. The summed E-state index contributed by atoms with van der Waals surface area (Å²) in [5, 5.41) is 6.27. The quantitative estimate of drug-likeness (QED) is 0.864. The predicted molar refractivity (Wildman–Crippen MR) is 70.3 cm³/mol. The van der Waals surface area contributed by atoms with Gasteiger partial charge in [-0.15, -0.1) is 0 Å². The average Bonchev–Trinajstić information content (AvgIpc) is 2.72. The Morgan fingerprint density at radius 1 is 1.50 bits per heavy atom. The summed E-state index contributed by atoms with van der Waals surface area (Å²) in [5.74, 6) is 1.10. The van der Waals surface area contributed by atoms with Gasteiger partial charge in [-0.05, 0) is 39.7 Å². The number of furan rings is 1. The highest BCUT2D eigenvalue weighted by atomic mass is 16.3. The third-order valence-corrected chi connectivity index (χ3v) is 3.08. The molecular formula is C14H22N2O2. The third kappa shape index (κ3) is 3.35. The van der Waals surface area contributed by atoms with Crippen molar-refractivity contribution in [3.8, 4) is 0 Å². The molecule has 0 spiro atoms. The lowest BCUT2D eigenvalue weighted by Crippen LogP contribution is -2.45. The molecular weight excluding hydrogens is 228 g/mol. The van der Waals surface area contributed by atoms with E-state index in [1.54, 1.807) is 6.26 Å². The van der Waals surface area contributed by atoms with Crippen molar-refractivity contribution in [1.29, 1.82) is 0 Å². The van der Waals surface area contributed by atoms with Crippen LogP contribution in [0.5, 0.6) is 0 Å². The first-order valence-corrected chi connectivity index (χ1v) is 6.56. The van der Waals surface area contributed by atoms with Gasteiger partial charge in [-0.25, -0.2) is 0 Å². The van der Waals surface area contributed by atoms with Crippen LogP contribution in [0.1, 0.15) is 51.0 Å². The molecule has 1 aliphatic carbocycles. The van der Waals surface area contributed by atoms with Crippen LogP contribution in [0.4, 0.5) is 0 Å². The molecule has 4 heteroatoms. The van der Waals surface area contributed by atoms with Crippen LogP contribution in [0.25, 0.3) is 0 Å². The van der Waals surface area contributed by atoms with Crippen molar-refractivity contribution < 1.29 is 9.21 Å². The van der Waals surface area contributed by atoms with E-state index in [0.29, 0.717) is 6.54 Å². The predicted octanol–water partition coefficient (Wildman–Crippen LogP) is 2.16. The van der Waals surface area contributed by atoms with E-state index in [1.165, 1.54) is 5.56 Å². The van der Waals surface area contributed by atoms with Crippen molar-refractivity contribution in [1.82, 2.24) is 10.6 Å². The number of rotatable bonds is 3. The Balaban J connectivity index is 1.87. The minimum atomic E-state index is -0.174. The fourth-order valence-corrected chi connectivity index (χ4v) is 2.38. The lowest BCUT2D eigenvalue weighted by atomic mass is 9.93. The first kappa shape index (κ1) is 13.1. The molecule has 0 aromatic carbocycles. The SMILES string of the molecule is CC(C)(C)NC(=O)CNC1CCCc2occc21. The lowest BCUT2D eigenvalue weighted by molar-refractivity contribution is -0.121. The maximum absolute atomic E-state index is 11.8. The number of aryl methyl sites for hydroxylation is 1. The molecule has 1 heterocycles. The van der Waals surface area contributed by atoms with Crippen LogP contribution in [0.15, 0.2) is 16.7 Å². The standard InChI is InChI=1S/C14H22N2O2/c1-14(2,3)16-13(17)9-15-11-5-4-6-12-10(11)7-8-18-12/h7-8,11,15H,4-6,9H2,1-3H3,(H,16,17). The highest BCUT2D eigenvalue weighted by Crippen LogP contribution is 2.30. The molecule has 0 saturated carbocycles. The minimum Gasteiger partial charge on any atom is -0.469 e. The smallest absolute Gasteiger partial charge is 0.234 e. The number of hydrogen-bond donors (Lipinski definition) is 2. The number of carbonyl (C=O) groups is 1.